The fourth-order valence-electron chi connectivity index (χ4n) is 3.97. The third kappa shape index (κ3) is 6.54. The molecule has 2 N–H and O–H groups in total. The molecule has 2 fully saturated rings. The molecule has 2 saturated heterocycles. The van der Waals surface area contributed by atoms with Crippen LogP contribution in [0.15, 0.2) is 0 Å². The van der Waals surface area contributed by atoms with Crippen molar-refractivity contribution in [2.45, 2.75) is 31.3 Å². The van der Waals surface area contributed by atoms with Crippen molar-refractivity contribution in [1.82, 2.24) is 19.6 Å². The average molecular weight is 356 g/mol. The minimum Gasteiger partial charge on any atom is -0.480 e. The van der Waals surface area contributed by atoms with E-state index in [0.717, 1.165) is 45.4 Å². The number of hydrogen-bond donors (Lipinski definition) is 2. The SMILES string of the molecule is CN1CCN(C)C[C@H]2CCC[C@@H](CN(CC(=O)O)CC1)N2CC(=O)O. The molecule has 0 aliphatic carbocycles. The Morgan fingerprint density at radius 2 is 1.40 bits per heavy atom. The Bertz CT molecular complexity index is 462. The molecule has 0 aromatic rings. The fourth-order valence-corrected chi connectivity index (χ4v) is 3.97. The molecule has 2 atom stereocenters. The number of nitrogens with zero attached hydrogens (tertiary/aromatic N) is 4. The number of fused-ring (bicyclic) bond motifs is 2. The van der Waals surface area contributed by atoms with Gasteiger partial charge in [-0.25, -0.2) is 0 Å². The van der Waals surface area contributed by atoms with Crippen molar-refractivity contribution in [2.24, 2.45) is 0 Å². The van der Waals surface area contributed by atoms with Crippen molar-refractivity contribution in [3.05, 3.63) is 0 Å². The minimum atomic E-state index is -0.827. The lowest BCUT2D eigenvalue weighted by atomic mass is 9.94. The summed E-state index contributed by atoms with van der Waals surface area (Å²) in [6, 6.07) is 0.323. The first-order valence-corrected chi connectivity index (χ1v) is 9.14. The highest BCUT2D eigenvalue weighted by Gasteiger charge is 2.34. The Balaban J connectivity index is 2.18. The number of likely N-dealkylation sites (N-methyl/N-ethyl adjacent to an activating group) is 2. The molecule has 2 rings (SSSR count). The summed E-state index contributed by atoms with van der Waals surface area (Å²) in [6.45, 7) is 4.87. The van der Waals surface area contributed by atoms with E-state index in [-0.39, 0.29) is 25.2 Å². The topological polar surface area (TPSA) is 87.6 Å². The van der Waals surface area contributed by atoms with Gasteiger partial charge in [0.25, 0.3) is 0 Å². The first-order chi connectivity index (χ1) is 11.8. The van der Waals surface area contributed by atoms with Crippen LogP contribution in [0.5, 0.6) is 0 Å². The number of aliphatic carboxylic acids is 2. The molecule has 8 nitrogen and oxygen atoms in total. The van der Waals surface area contributed by atoms with Crippen LogP contribution >= 0.6 is 0 Å². The summed E-state index contributed by atoms with van der Waals surface area (Å²) in [6.07, 6.45) is 3.00. The lowest BCUT2D eigenvalue weighted by molar-refractivity contribution is -0.142. The number of piperidine rings is 1. The van der Waals surface area contributed by atoms with Gasteiger partial charge in [-0.15, -0.1) is 0 Å². The highest BCUT2D eigenvalue weighted by atomic mass is 16.4. The molecule has 2 bridgehead atoms. The predicted octanol–water partition coefficient (Wildman–Crippen LogP) is -0.442. The molecule has 0 spiro atoms. The van der Waals surface area contributed by atoms with E-state index in [9.17, 15) is 19.8 Å². The lowest BCUT2D eigenvalue weighted by Crippen LogP contribution is -2.57. The van der Waals surface area contributed by atoms with Crippen LogP contribution in [0, 0.1) is 0 Å². The van der Waals surface area contributed by atoms with Crippen molar-refractivity contribution in [3.63, 3.8) is 0 Å². The second-order valence-electron chi connectivity index (χ2n) is 7.50. The van der Waals surface area contributed by atoms with Gasteiger partial charge in [-0.3, -0.25) is 19.4 Å². The summed E-state index contributed by atoms with van der Waals surface area (Å²) in [5.41, 5.74) is 0. The van der Waals surface area contributed by atoms with E-state index in [1.807, 2.05) is 4.90 Å². The van der Waals surface area contributed by atoms with E-state index in [2.05, 4.69) is 28.8 Å². The third-order valence-electron chi connectivity index (χ3n) is 5.34. The molecular formula is C17H32N4O4. The molecule has 2 aliphatic heterocycles. The molecule has 0 saturated carbocycles. The molecule has 2 heterocycles. The second-order valence-corrected chi connectivity index (χ2v) is 7.50. The zero-order valence-electron chi connectivity index (χ0n) is 15.4. The maximum atomic E-state index is 11.4. The van der Waals surface area contributed by atoms with Crippen LogP contribution < -0.4 is 0 Å². The third-order valence-corrected chi connectivity index (χ3v) is 5.34. The van der Waals surface area contributed by atoms with E-state index in [0.29, 0.717) is 13.1 Å². The Kier molecular flexibility index (Phi) is 7.61. The zero-order valence-corrected chi connectivity index (χ0v) is 15.4. The molecule has 0 unspecified atom stereocenters. The van der Waals surface area contributed by atoms with Gasteiger partial charge in [0.15, 0.2) is 0 Å². The number of hydrogen-bond acceptors (Lipinski definition) is 6. The maximum Gasteiger partial charge on any atom is 0.317 e. The van der Waals surface area contributed by atoms with Gasteiger partial charge in [0.2, 0.25) is 0 Å². The summed E-state index contributed by atoms with van der Waals surface area (Å²) in [7, 11) is 4.16. The van der Waals surface area contributed by atoms with Crippen molar-refractivity contribution < 1.29 is 19.8 Å². The quantitative estimate of drug-likeness (QED) is 0.701. The molecule has 144 valence electrons. The van der Waals surface area contributed by atoms with Crippen LogP contribution in [-0.4, -0.2) is 120 Å². The van der Waals surface area contributed by atoms with Gasteiger partial charge in [-0.2, -0.15) is 0 Å². The smallest absolute Gasteiger partial charge is 0.317 e. The van der Waals surface area contributed by atoms with Crippen molar-refractivity contribution in [3.8, 4) is 0 Å². The standard InChI is InChI=1S/C17H32N4O4/c1-18-6-7-19(2)10-14-4-3-5-15(21(14)13-17(24)25)11-20(9-8-18)12-16(22)23/h14-15H,3-13H2,1-2H3,(H,22,23)(H,24,25)/t14-,15+/m1/s1. The first kappa shape index (κ1) is 20.1. The molecular weight excluding hydrogens is 324 g/mol. The van der Waals surface area contributed by atoms with E-state index < -0.39 is 11.9 Å². The highest BCUT2D eigenvalue weighted by molar-refractivity contribution is 5.69. The summed E-state index contributed by atoms with van der Waals surface area (Å²) >= 11 is 0. The summed E-state index contributed by atoms with van der Waals surface area (Å²) in [5.74, 6) is -1.64. The Hall–Kier alpha value is -1.22. The van der Waals surface area contributed by atoms with E-state index in [1.165, 1.54) is 0 Å². The molecule has 0 amide bonds. The maximum absolute atomic E-state index is 11.4. The monoisotopic (exact) mass is 356 g/mol. The normalized spacial score (nSPS) is 28.9. The Morgan fingerprint density at radius 3 is 2.04 bits per heavy atom. The average Bonchev–Trinajstić information content (AvgIpc) is 2.52. The van der Waals surface area contributed by atoms with Gasteiger partial charge in [-0.1, -0.05) is 6.42 Å². The zero-order chi connectivity index (χ0) is 18.4. The van der Waals surface area contributed by atoms with Gasteiger partial charge in [0, 0.05) is 51.4 Å². The van der Waals surface area contributed by atoms with E-state index >= 15 is 0 Å². The largest absolute Gasteiger partial charge is 0.480 e. The van der Waals surface area contributed by atoms with Crippen LogP contribution in [0.2, 0.25) is 0 Å². The van der Waals surface area contributed by atoms with Gasteiger partial charge in [0.05, 0.1) is 13.1 Å². The molecule has 0 aromatic heterocycles. The van der Waals surface area contributed by atoms with Crippen LogP contribution in [0.25, 0.3) is 0 Å². The van der Waals surface area contributed by atoms with Crippen LogP contribution in [0.1, 0.15) is 19.3 Å². The number of carboxylic acid groups (broad SMARTS) is 2. The molecule has 8 heteroatoms. The summed E-state index contributed by atoms with van der Waals surface area (Å²) < 4.78 is 0. The van der Waals surface area contributed by atoms with Crippen LogP contribution in [0.4, 0.5) is 0 Å². The van der Waals surface area contributed by atoms with Crippen LogP contribution in [-0.2, 0) is 9.59 Å². The summed E-state index contributed by atoms with van der Waals surface area (Å²) in [4.78, 5) is 31.2. The van der Waals surface area contributed by atoms with Gasteiger partial charge >= 0.3 is 11.9 Å². The lowest BCUT2D eigenvalue weighted by Gasteiger charge is -2.45. The van der Waals surface area contributed by atoms with Crippen molar-refractivity contribution >= 4 is 11.9 Å². The van der Waals surface area contributed by atoms with Crippen molar-refractivity contribution in [2.75, 3.05) is 66.5 Å². The Labute approximate surface area is 150 Å². The molecule has 25 heavy (non-hydrogen) atoms. The number of carboxylic acids is 2. The predicted molar refractivity (Wildman–Crippen MR) is 94.8 cm³/mol. The van der Waals surface area contributed by atoms with E-state index in [4.69, 9.17) is 0 Å². The van der Waals surface area contributed by atoms with Crippen molar-refractivity contribution in [1.29, 1.82) is 0 Å². The Morgan fingerprint density at radius 1 is 0.840 bits per heavy atom. The second kappa shape index (κ2) is 9.47. The fraction of sp³-hybridized carbons (Fsp3) is 0.882. The van der Waals surface area contributed by atoms with Crippen LogP contribution in [0.3, 0.4) is 0 Å². The molecule has 2 aliphatic rings. The highest BCUT2D eigenvalue weighted by Crippen LogP contribution is 2.24. The summed E-state index contributed by atoms with van der Waals surface area (Å²) in [5, 5.41) is 18.6. The number of rotatable bonds is 4. The first-order valence-electron chi connectivity index (χ1n) is 9.14. The number of carbonyl (C=O) groups is 2. The van der Waals surface area contributed by atoms with Gasteiger partial charge < -0.3 is 20.0 Å². The van der Waals surface area contributed by atoms with Gasteiger partial charge in [-0.05, 0) is 26.9 Å². The molecule has 0 radical (unpaired) electrons. The van der Waals surface area contributed by atoms with E-state index in [1.54, 1.807) is 0 Å². The minimum absolute atomic E-state index is 0.00974. The molecule has 0 aromatic carbocycles. The van der Waals surface area contributed by atoms with Gasteiger partial charge in [0.1, 0.15) is 0 Å².